The van der Waals surface area contributed by atoms with Gasteiger partial charge in [-0.25, -0.2) is 0 Å². The Bertz CT molecular complexity index is 870. The molecule has 1 saturated heterocycles. The third kappa shape index (κ3) is 3.30. The lowest BCUT2D eigenvalue weighted by atomic mass is 9.83. The fourth-order valence-electron chi connectivity index (χ4n) is 4.94. The highest BCUT2D eigenvalue weighted by atomic mass is 16.5. The van der Waals surface area contributed by atoms with Gasteiger partial charge in [-0.1, -0.05) is 36.4 Å². The van der Waals surface area contributed by atoms with Gasteiger partial charge in [0.2, 0.25) is 0 Å². The van der Waals surface area contributed by atoms with Crippen molar-refractivity contribution in [2.75, 3.05) is 32.7 Å². The van der Waals surface area contributed by atoms with Gasteiger partial charge < -0.3 is 14.5 Å². The van der Waals surface area contributed by atoms with E-state index in [0.29, 0.717) is 0 Å². The Morgan fingerprint density at radius 1 is 0.821 bits per heavy atom. The number of nitrogens with zero attached hydrogens (tertiary/aromatic N) is 2. The second-order valence-corrected chi connectivity index (χ2v) is 8.43. The highest BCUT2D eigenvalue weighted by Crippen LogP contribution is 2.39. The van der Waals surface area contributed by atoms with E-state index in [9.17, 15) is 4.79 Å². The van der Waals surface area contributed by atoms with Crippen molar-refractivity contribution in [3.8, 4) is 5.75 Å². The lowest BCUT2D eigenvalue weighted by molar-refractivity contribution is -0.0158. The van der Waals surface area contributed by atoms with E-state index in [1.54, 1.807) is 0 Å². The molecule has 1 fully saturated rings. The molecule has 3 aliphatic heterocycles. The van der Waals surface area contributed by atoms with Gasteiger partial charge in [-0.3, -0.25) is 4.79 Å². The van der Waals surface area contributed by atoms with Crippen LogP contribution in [0.25, 0.3) is 0 Å². The summed E-state index contributed by atoms with van der Waals surface area (Å²) in [5, 5.41) is 0. The largest absolute Gasteiger partial charge is 0.487 e. The Kier molecular flexibility index (Phi) is 4.59. The molecule has 0 bridgehead atoms. The Labute approximate surface area is 167 Å². The molecule has 0 aromatic heterocycles. The molecule has 2 aromatic carbocycles. The van der Waals surface area contributed by atoms with Crippen molar-refractivity contribution in [3.05, 3.63) is 65.2 Å². The SMILES string of the molecule is O=C1c2ccccc2CCN1CCN1CCC2(CCc3ccccc3O2)CC1. The number of aryl methyl sites for hydroxylation is 1. The third-order valence-corrected chi connectivity index (χ3v) is 6.79. The number of hydrogen-bond donors (Lipinski definition) is 0. The second-order valence-electron chi connectivity index (χ2n) is 8.43. The topological polar surface area (TPSA) is 32.8 Å². The lowest BCUT2D eigenvalue weighted by Gasteiger charge is -2.45. The van der Waals surface area contributed by atoms with Crippen LogP contribution in [0.2, 0.25) is 0 Å². The van der Waals surface area contributed by atoms with Crippen LogP contribution in [0.3, 0.4) is 0 Å². The van der Waals surface area contributed by atoms with Gasteiger partial charge >= 0.3 is 0 Å². The first-order chi connectivity index (χ1) is 13.7. The summed E-state index contributed by atoms with van der Waals surface area (Å²) in [4.78, 5) is 17.3. The average Bonchev–Trinajstić information content (AvgIpc) is 2.75. The van der Waals surface area contributed by atoms with Crippen LogP contribution in [0, 0.1) is 0 Å². The zero-order valence-corrected chi connectivity index (χ0v) is 16.4. The van der Waals surface area contributed by atoms with E-state index >= 15 is 0 Å². The van der Waals surface area contributed by atoms with Gasteiger partial charge in [0.15, 0.2) is 0 Å². The molecule has 0 aliphatic carbocycles. The molecule has 146 valence electrons. The van der Waals surface area contributed by atoms with E-state index in [1.165, 1.54) is 11.1 Å². The third-order valence-electron chi connectivity index (χ3n) is 6.79. The van der Waals surface area contributed by atoms with Crippen molar-refractivity contribution in [2.45, 2.75) is 37.7 Å². The molecule has 5 rings (SSSR count). The summed E-state index contributed by atoms with van der Waals surface area (Å²) in [6.07, 6.45) is 5.38. The fourth-order valence-corrected chi connectivity index (χ4v) is 4.94. The van der Waals surface area contributed by atoms with Crippen LogP contribution in [0.5, 0.6) is 5.75 Å². The summed E-state index contributed by atoms with van der Waals surface area (Å²) in [5.41, 5.74) is 3.45. The lowest BCUT2D eigenvalue weighted by Crippen LogP contribution is -2.51. The molecule has 1 spiro atoms. The van der Waals surface area contributed by atoms with Gasteiger partial charge in [-0.15, -0.1) is 0 Å². The molecule has 2 aromatic rings. The Morgan fingerprint density at radius 2 is 1.57 bits per heavy atom. The number of likely N-dealkylation sites (tertiary alicyclic amines) is 1. The maximum Gasteiger partial charge on any atom is 0.254 e. The molecule has 0 atom stereocenters. The Hall–Kier alpha value is -2.33. The molecule has 0 N–H and O–H groups in total. The Balaban J connectivity index is 1.15. The molecule has 3 heterocycles. The minimum absolute atomic E-state index is 0.0186. The van der Waals surface area contributed by atoms with E-state index in [0.717, 1.165) is 76.1 Å². The van der Waals surface area contributed by atoms with Crippen molar-refractivity contribution in [3.63, 3.8) is 0 Å². The summed E-state index contributed by atoms with van der Waals surface area (Å²) < 4.78 is 6.47. The smallest absolute Gasteiger partial charge is 0.254 e. The fraction of sp³-hybridized carbons (Fsp3) is 0.458. The molecule has 4 heteroatoms. The van der Waals surface area contributed by atoms with Crippen molar-refractivity contribution in [1.29, 1.82) is 0 Å². The Morgan fingerprint density at radius 3 is 2.43 bits per heavy atom. The van der Waals surface area contributed by atoms with E-state index < -0.39 is 0 Å². The molecule has 0 saturated carbocycles. The molecular formula is C24H28N2O2. The number of amides is 1. The molecule has 4 nitrogen and oxygen atoms in total. The van der Waals surface area contributed by atoms with Gasteiger partial charge in [-0.2, -0.15) is 0 Å². The molecular weight excluding hydrogens is 348 g/mol. The number of fused-ring (bicyclic) bond motifs is 2. The summed E-state index contributed by atoms with van der Waals surface area (Å²) in [6, 6.07) is 16.5. The maximum absolute atomic E-state index is 12.7. The predicted molar refractivity (Wildman–Crippen MR) is 110 cm³/mol. The quantitative estimate of drug-likeness (QED) is 0.821. The molecule has 1 amide bonds. The van der Waals surface area contributed by atoms with Gasteiger partial charge in [0.1, 0.15) is 11.4 Å². The van der Waals surface area contributed by atoms with Crippen molar-refractivity contribution >= 4 is 5.91 Å². The van der Waals surface area contributed by atoms with E-state index in [2.05, 4.69) is 35.2 Å². The van der Waals surface area contributed by atoms with Crippen LogP contribution in [0.15, 0.2) is 48.5 Å². The predicted octanol–water partition coefficient (Wildman–Crippen LogP) is 3.54. The zero-order chi connectivity index (χ0) is 19.0. The normalized spacial score (nSPS) is 21.1. The monoisotopic (exact) mass is 376 g/mol. The van der Waals surface area contributed by atoms with Crippen molar-refractivity contribution < 1.29 is 9.53 Å². The maximum atomic E-state index is 12.7. The van der Waals surface area contributed by atoms with Crippen LogP contribution >= 0.6 is 0 Å². The van der Waals surface area contributed by atoms with Gasteiger partial charge in [0.05, 0.1) is 0 Å². The van der Waals surface area contributed by atoms with Crippen LogP contribution in [0.1, 0.15) is 40.7 Å². The highest BCUT2D eigenvalue weighted by molar-refractivity contribution is 5.96. The summed E-state index contributed by atoms with van der Waals surface area (Å²) in [7, 11) is 0. The van der Waals surface area contributed by atoms with E-state index in [-0.39, 0.29) is 11.5 Å². The number of rotatable bonds is 3. The number of para-hydroxylation sites is 1. The van der Waals surface area contributed by atoms with Crippen LogP contribution in [-0.2, 0) is 12.8 Å². The minimum atomic E-state index is 0.0186. The summed E-state index contributed by atoms with van der Waals surface area (Å²) >= 11 is 0. The van der Waals surface area contributed by atoms with Crippen LogP contribution in [0.4, 0.5) is 0 Å². The van der Waals surface area contributed by atoms with E-state index in [4.69, 9.17) is 4.74 Å². The first-order valence-electron chi connectivity index (χ1n) is 10.6. The summed E-state index contributed by atoms with van der Waals surface area (Å²) in [6.45, 7) is 4.74. The zero-order valence-electron chi connectivity index (χ0n) is 16.4. The minimum Gasteiger partial charge on any atom is -0.487 e. The first-order valence-corrected chi connectivity index (χ1v) is 10.6. The molecule has 3 aliphatic rings. The van der Waals surface area contributed by atoms with Gasteiger partial charge in [0, 0.05) is 38.3 Å². The number of hydrogen-bond acceptors (Lipinski definition) is 3. The van der Waals surface area contributed by atoms with Gasteiger partial charge in [0.25, 0.3) is 5.91 Å². The molecule has 28 heavy (non-hydrogen) atoms. The average molecular weight is 377 g/mol. The number of ether oxygens (including phenoxy) is 1. The van der Waals surface area contributed by atoms with Crippen LogP contribution in [-0.4, -0.2) is 54.0 Å². The number of carbonyl (C=O) groups is 1. The van der Waals surface area contributed by atoms with Gasteiger partial charge in [-0.05, 0) is 55.4 Å². The molecule has 0 radical (unpaired) electrons. The second kappa shape index (κ2) is 7.25. The molecule has 0 unspecified atom stereocenters. The van der Waals surface area contributed by atoms with Crippen molar-refractivity contribution in [2.24, 2.45) is 0 Å². The van der Waals surface area contributed by atoms with Crippen LogP contribution < -0.4 is 4.74 Å². The number of carbonyl (C=O) groups excluding carboxylic acids is 1. The standard InChI is InChI=1S/C24H28N2O2/c27-23-21-7-3-1-5-19(21)10-14-26(23)18-17-25-15-12-24(13-16-25)11-9-20-6-2-4-8-22(20)28-24/h1-8H,9-18H2. The van der Waals surface area contributed by atoms with E-state index in [1.807, 2.05) is 23.1 Å². The number of benzene rings is 2. The first kappa shape index (κ1) is 17.7. The number of piperidine rings is 1. The summed E-state index contributed by atoms with van der Waals surface area (Å²) in [5.74, 6) is 1.28. The van der Waals surface area contributed by atoms with Crippen molar-refractivity contribution in [1.82, 2.24) is 9.80 Å². The highest BCUT2D eigenvalue weighted by Gasteiger charge is 2.39.